The van der Waals surface area contributed by atoms with Gasteiger partial charge in [-0.15, -0.1) is 0 Å². The van der Waals surface area contributed by atoms with Crippen LogP contribution in [0.1, 0.15) is 45.1 Å². The molecule has 158 valence electrons. The van der Waals surface area contributed by atoms with Crippen molar-refractivity contribution in [1.82, 2.24) is 5.32 Å². The van der Waals surface area contributed by atoms with Gasteiger partial charge in [-0.25, -0.2) is 4.79 Å². The van der Waals surface area contributed by atoms with Crippen LogP contribution >= 0.6 is 0 Å². The molecule has 0 bridgehead atoms. The normalized spacial score (nSPS) is 15.4. The Labute approximate surface area is 170 Å². The number of aromatic hydroxyl groups is 1. The van der Waals surface area contributed by atoms with Gasteiger partial charge in [-0.05, 0) is 50.8 Å². The number of benzene rings is 1. The van der Waals surface area contributed by atoms with Gasteiger partial charge in [0.25, 0.3) is 0 Å². The van der Waals surface area contributed by atoms with Crippen molar-refractivity contribution in [2.24, 2.45) is 0 Å². The smallest absolute Gasteiger partial charge is 0.328 e. The number of carbonyl (C=O) groups is 3. The Bertz CT molecular complexity index is 727. The van der Waals surface area contributed by atoms with Gasteiger partial charge in [-0.2, -0.15) is 0 Å². The molecule has 1 aliphatic carbocycles. The Morgan fingerprint density at radius 1 is 1.24 bits per heavy atom. The Hall–Kier alpha value is -2.74. The summed E-state index contributed by atoms with van der Waals surface area (Å²) >= 11 is 0. The molecule has 0 spiro atoms. The predicted molar refractivity (Wildman–Crippen MR) is 106 cm³/mol. The quantitative estimate of drug-likeness (QED) is 0.361. The van der Waals surface area contributed by atoms with Crippen LogP contribution in [0.25, 0.3) is 0 Å². The number of esters is 1. The van der Waals surface area contributed by atoms with Gasteiger partial charge in [0.2, 0.25) is 5.91 Å². The first-order valence-corrected chi connectivity index (χ1v) is 9.76. The highest BCUT2D eigenvalue weighted by atomic mass is 16.5. The number of hydrogen-bond acceptors (Lipinski definition) is 7. The van der Waals surface area contributed by atoms with Crippen LogP contribution in [0.3, 0.4) is 0 Å². The summed E-state index contributed by atoms with van der Waals surface area (Å²) in [6, 6.07) is 5.48. The van der Waals surface area contributed by atoms with Crippen molar-refractivity contribution in [3.05, 3.63) is 29.8 Å². The molecule has 0 heterocycles. The Kier molecular flexibility index (Phi) is 8.33. The lowest BCUT2D eigenvalue weighted by Crippen LogP contribution is -2.48. The van der Waals surface area contributed by atoms with Crippen molar-refractivity contribution < 1.29 is 29.0 Å². The summed E-state index contributed by atoms with van der Waals surface area (Å²) in [5.41, 5.74) is 0.809. The van der Waals surface area contributed by atoms with Crippen LogP contribution in [0.15, 0.2) is 24.3 Å². The van der Waals surface area contributed by atoms with E-state index in [0.29, 0.717) is 6.21 Å². The fourth-order valence-corrected chi connectivity index (χ4v) is 2.67. The van der Waals surface area contributed by atoms with E-state index in [1.165, 1.54) is 12.1 Å². The predicted octanol–water partition coefficient (Wildman–Crippen LogP) is 1.92. The highest BCUT2D eigenvalue weighted by molar-refractivity contribution is 6.26. The van der Waals surface area contributed by atoms with Crippen LogP contribution in [0.5, 0.6) is 5.75 Å². The molecule has 1 aliphatic rings. The second-order valence-corrected chi connectivity index (χ2v) is 7.39. The van der Waals surface area contributed by atoms with Crippen molar-refractivity contribution in [1.29, 1.82) is 5.41 Å². The standard InChI is InChI=1S/C21H28N2O6/c1-13(2)28-21(27)18(10-7-16(25)12-22)23-20(26)19(29-17-8-9-17)11-14-3-5-15(24)6-4-14/h3-6,12-13,17-19,22,24H,7-11H2,1-2H3,(H,23,26)/t18-,19-/m0/s1. The van der Waals surface area contributed by atoms with Crippen molar-refractivity contribution >= 4 is 23.9 Å². The number of ketones is 1. The Morgan fingerprint density at radius 3 is 2.45 bits per heavy atom. The minimum atomic E-state index is -1.00. The monoisotopic (exact) mass is 404 g/mol. The first-order valence-electron chi connectivity index (χ1n) is 9.76. The van der Waals surface area contributed by atoms with Crippen molar-refractivity contribution in [3.8, 4) is 5.75 Å². The summed E-state index contributed by atoms with van der Waals surface area (Å²) in [7, 11) is 0. The highest BCUT2D eigenvalue weighted by Gasteiger charge is 2.33. The number of ether oxygens (including phenoxy) is 2. The van der Waals surface area contributed by atoms with Crippen LogP contribution in [-0.4, -0.2) is 53.3 Å². The lowest BCUT2D eigenvalue weighted by atomic mass is 10.1. The van der Waals surface area contributed by atoms with E-state index >= 15 is 0 Å². The summed E-state index contributed by atoms with van der Waals surface area (Å²) in [5.74, 6) is -1.39. The first kappa shape index (κ1) is 22.5. The average Bonchev–Trinajstić information content (AvgIpc) is 3.49. The molecule has 0 radical (unpaired) electrons. The van der Waals surface area contributed by atoms with E-state index in [-0.39, 0.29) is 37.2 Å². The summed E-state index contributed by atoms with van der Waals surface area (Å²) < 4.78 is 11.0. The summed E-state index contributed by atoms with van der Waals surface area (Å²) in [6.07, 6.45) is 1.58. The average molecular weight is 404 g/mol. The maximum Gasteiger partial charge on any atom is 0.328 e. The van der Waals surface area contributed by atoms with Gasteiger partial charge >= 0.3 is 5.97 Å². The minimum absolute atomic E-state index is 0.0171. The topological polar surface area (TPSA) is 126 Å². The molecule has 0 aromatic heterocycles. The maximum absolute atomic E-state index is 12.9. The molecule has 29 heavy (non-hydrogen) atoms. The van der Waals surface area contributed by atoms with Crippen LogP contribution in [0.4, 0.5) is 0 Å². The van der Waals surface area contributed by atoms with Gasteiger partial charge in [-0.3, -0.25) is 9.59 Å². The summed E-state index contributed by atoms with van der Waals surface area (Å²) in [4.78, 5) is 36.7. The van der Waals surface area contributed by atoms with E-state index in [4.69, 9.17) is 14.9 Å². The third-order valence-corrected chi connectivity index (χ3v) is 4.32. The first-order chi connectivity index (χ1) is 13.8. The fraction of sp³-hybridized carbons (Fsp3) is 0.524. The van der Waals surface area contributed by atoms with E-state index in [2.05, 4.69) is 5.32 Å². The molecule has 1 aromatic carbocycles. The summed E-state index contributed by atoms with van der Waals surface area (Å²) in [5, 5.41) is 19.1. The molecule has 0 saturated heterocycles. The van der Waals surface area contributed by atoms with Gasteiger partial charge in [0, 0.05) is 12.8 Å². The third kappa shape index (κ3) is 8.03. The van der Waals surface area contributed by atoms with Crippen molar-refractivity contribution in [3.63, 3.8) is 0 Å². The lowest BCUT2D eigenvalue weighted by Gasteiger charge is -2.23. The number of amides is 1. The molecule has 0 aliphatic heterocycles. The number of phenols is 1. The van der Waals surface area contributed by atoms with Crippen LogP contribution in [-0.2, 0) is 30.3 Å². The molecule has 3 N–H and O–H groups in total. The molecular weight excluding hydrogens is 376 g/mol. The molecule has 0 unspecified atom stereocenters. The van der Waals surface area contributed by atoms with Gasteiger partial charge in [-0.1, -0.05) is 12.1 Å². The van der Waals surface area contributed by atoms with E-state index < -0.39 is 29.8 Å². The molecule has 8 heteroatoms. The second kappa shape index (κ2) is 10.7. The molecule has 1 fully saturated rings. The van der Waals surface area contributed by atoms with Crippen molar-refractivity contribution in [2.45, 2.75) is 70.3 Å². The number of rotatable bonds is 12. The van der Waals surface area contributed by atoms with Gasteiger partial charge < -0.3 is 25.3 Å². The zero-order valence-corrected chi connectivity index (χ0v) is 16.7. The number of phenolic OH excluding ortho intramolecular Hbond substituents is 1. The fourth-order valence-electron chi connectivity index (χ4n) is 2.67. The molecule has 1 amide bonds. The van der Waals surface area contributed by atoms with E-state index in [1.807, 2.05) is 0 Å². The van der Waals surface area contributed by atoms with Crippen LogP contribution in [0.2, 0.25) is 0 Å². The number of carbonyl (C=O) groups excluding carboxylic acids is 3. The largest absolute Gasteiger partial charge is 0.508 e. The van der Waals surface area contributed by atoms with E-state index in [9.17, 15) is 19.5 Å². The number of hydrogen-bond donors (Lipinski definition) is 3. The SMILES string of the molecule is CC(C)OC(=O)[C@H](CCC(=O)C=N)NC(=O)[C@H](Cc1ccc(O)cc1)OC1CC1. The highest BCUT2D eigenvalue weighted by Crippen LogP contribution is 2.26. The lowest BCUT2D eigenvalue weighted by molar-refractivity contribution is -0.153. The van der Waals surface area contributed by atoms with E-state index in [0.717, 1.165) is 18.4 Å². The van der Waals surface area contributed by atoms with Gasteiger partial charge in [0.15, 0.2) is 5.78 Å². The number of Topliss-reactive ketones (excluding diaryl/α,β-unsaturated/α-hetero) is 1. The molecule has 8 nitrogen and oxygen atoms in total. The third-order valence-electron chi connectivity index (χ3n) is 4.32. The number of nitrogens with one attached hydrogen (secondary N) is 2. The van der Waals surface area contributed by atoms with Gasteiger partial charge in [0.1, 0.15) is 17.9 Å². The molecule has 2 atom stereocenters. The molecule has 1 saturated carbocycles. The van der Waals surface area contributed by atoms with Crippen LogP contribution in [0, 0.1) is 5.41 Å². The zero-order valence-electron chi connectivity index (χ0n) is 16.7. The zero-order chi connectivity index (χ0) is 21.4. The minimum Gasteiger partial charge on any atom is -0.508 e. The summed E-state index contributed by atoms with van der Waals surface area (Å²) in [6.45, 7) is 3.40. The van der Waals surface area contributed by atoms with Crippen LogP contribution < -0.4 is 5.32 Å². The molecular formula is C21H28N2O6. The Morgan fingerprint density at radius 2 is 1.90 bits per heavy atom. The maximum atomic E-state index is 12.9. The molecule has 1 aromatic rings. The second-order valence-electron chi connectivity index (χ2n) is 7.39. The molecule has 2 rings (SSSR count). The van der Waals surface area contributed by atoms with Gasteiger partial charge in [0.05, 0.1) is 18.4 Å². The van der Waals surface area contributed by atoms with Crippen molar-refractivity contribution in [2.75, 3.05) is 0 Å². The Balaban J connectivity index is 2.07. The van der Waals surface area contributed by atoms with E-state index in [1.54, 1.807) is 26.0 Å².